The summed E-state index contributed by atoms with van der Waals surface area (Å²) >= 11 is 0. The molecule has 0 aliphatic carbocycles. The molecule has 0 atom stereocenters. The van der Waals surface area contributed by atoms with Gasteiger partial charge in [0.25, 0.3) is 0 Å². The Kier molecular flexibility index (Phi) is 33.2. The molecule has 0 unspecified atom stereocenters. The van der Waals surface area contributed by atoms with E-state index < -0.39 is 0 Å². The van der Waals surface area contributed by atoms with E-state index in [2.05, 4.69) is 433 Å². The molecule has 0 N–H and O–H groups in total. The summed E-state index contributed by atoms with van der Waals surface area (Å²) in [6.07, 6.45) is 7.40. The zero-order chi connectivity index (χ0) is 97.5. The van der Waals surface area contributed by atoms with Crippen molar-refractivity contribution in [1.29, 1.82) is 0 Å². The molecule has 19 rings (SSSR count). The number of rotatable bonds is 13. The Hall–Kier alpha value is -13.1. The maximum absolute atomic E-state index is 4.90. The van der Waals surface area contributed by atoms with E-state index in [-0.39, 0.29) is 98.2 Å². The van der Waals surface area contributed by atoms with Crippen LogP contribution in [0.2, 0.25) is 0 Å². The molecule has 0 saturated heterocycles. The molecule has 0 saturated carbocycles. The minimum atomic E-state index is 0. The molecule has 6 aromatic heterocycles. The molecule has 19 aromatic rings. The average Bonchev–Trinajstić information content (AvgIpc) is 0.786. The van der Waals surface area contributed by atoms with E-state index in [1.54, 1.807) is 0 Å². The first kappa shape index (κ1) is 105. The van der Waals surface area contributed by atoms with Gasteiger partial charge in [0, 0.05) is 118 Å². The van der Waals surface area contributed by atoms with Crippen molar-refractivity contribution in [3.8, 4) is 147 Å². The van der Waals surface area contributed by atoms with Gasteiger partial charge in [-0.15, -0.1) is 143 Å². The number of nitrogens with zero attached hydrogens (tertiary/aromatic N) is 10. The van der Waals surface area contributed by atoms with Crippen molar-refractivity contribution in [3.63, 3.8) is 0 Å². The van der Waals surface area contributed by atoms with Gasteiger partial charge in [0.2, 0.25) is 0 Å². The molecule has 715 valence electrons. The van der Waals surface area contributed by atoms with Crippen molar-refractivity contribution in [1.82, 2.24) is 49.8 Å². The number of pyridine rings is 4. The quantitative estimate of drug-likeness (QED) is 0.103. The van der Waals surface area contributed by atoms with E-state index in [0.717, 1.165) is 89.4 Å². The van der Waals surface area contributed by atoms with Crippen LogP contribution in [0, 0.1) is 24.3 Å². The second-order valence-electron chi connectivity index (χ2n) is 42.8. The summed E-state index contributed by atoms with van der Waals surface area (Å²) in [5.41, 5.74) is 30.1. The van der Waals surface area contributed by atoms with Crippen LogP contribution >= 0.6 is 0 Å². The third-order valence-corrected chi connectivity index (χ3v) is 25.1. The smallest absolute Gasteiger partial charge is 0.165 e. The van der Waals surface area contributed by atoms with Gasteiger partial charge in [0.15, 0.2) is 34.9 Å². The Bertz CT molecular complexity index is 6940. The van der Waals surface area contributed by atoms with Crippen molar-refractivity contribution in [2.45, 2.75) is 183 Å². The van der Waals surface area contributed by atoms with Crippen LogP contribution in [-0.4, -0.2) is 49.8 Å². The van der Waals surface area contributed by atoms with Crippen molar-refractivity contribution in [3.05, 3.63) is 422 Å². The molecule has 6 heterocycles. The van der Waals surface area contributed by atoms with Gasteiger partial charge in [-0.25, -0.2) is 29.9 Å². The van der Waals surface area contributed by atoms with Crippen LogP contribution in [0.25, 0.3) is 168 Å². The summed E-state index contributed by atoms with van der Waals surface area (Å²) in [6.45, 7) is 46.8. The predicted octanol–water partition coefficient (Wildman–Crippen LogP) is 32.9. The largest absolute Gasteiger partial charge is 0.304 e. The van der Waals surface area contributed by atoms with E-state index in [4.69, 9.17) is 34.9 Å². The summed E-state index contributed by atoms with van der Waals surface area (Å²) in [7, 11) is 0. The molecule has 0 spiro atoms. The van der Waals surface area contributed by atoms with E-state index in [0.29, 0.717) is 34.9 Å². The van der Waals surface area contributed by atoms with E-state index in [1.807, 2.05) is 110 Å². The second-order valence-corrected chi connectivity index (χ2v) is 42.8. The molecule has 0 bridgehead atoms. The molecular weight excluding hydrogens is 2250 g/mol. The molecular formula is C128H122Ir3N10-4. The van der Waals surface area contributed by atoms with Gasteiger partial charge in [-0.1, -0.05) is 364 Å². The first-order valence-electron chi connectivity index (χ1n) is 47.7. The summed E-state index contributed by atoms with van der Waals surface area (Å²) in [6, 6.07) is 130. The fourth-order valence-corrected chi connectivity index (χ4v) is 16.4. The fraction of sp³-hybridized carbons (Fsp3) is 0.219. The first-order chi connectivity index (χ1) is 65.8. The average molecular weight is 2380 g/mol. The van der Waals surface area contributed by atoms with Gasteiger partial charge < -0.3 is 19.9 Å². The summed E-state index contributed by atoms with van der Waals surface area (Å²) in [5.74, 6) is 3.77. The molecule has 0 amide bonds. The number of hydrogen-bond acceptors (Lipinski definition) is 10. The van der Waals surface area contributed by atoms with Gasteiger partial charge in [-0.2, -0.15) is 0 Å². The van der Waals surface area contributed by atoms with Gasteiger partial charge in [-0.3, -0.25) is 0 Å². The fourth-order valence-electron chi connectivity index (χ4n) is 16.4. The maximum Gasteiger partial charge on any atom is 0.165 e. The number of hydrogen-bond donors (Lipinski definition) is 0. The Labute approximate surface area is 876 Å². The number of aromatic nitrogens is 10. The first-order valence-corrected chi connectivity index (χ1v) is 47.7. The van der Waals surface area contributed by atoms with Crippen molar-refractivity contribution in [2.24, 2.45) is 0 Å². The summed E-state index contributed by atoms with van der Waals surface area (Å²) in [5, 5.41) is 4.71. The molecule has 0 aliphatic heterocycles. The SMILES string of the molecule is CC(C)(C)c1c[c-]c(-c2nccc3ccccc23)cc1.CC(C)(C)c1ccc(-c2cc(-c3ccc(C(C)(C)C)cc3)cc(-c3cc[c-]c(-c4nccc5ccccc45)c3)c2)cc1.CC(C)(C)c1ccc(-c2nc(-c3ccc(C(C)(C)C)cc3)nc(-c3ccc(-c4[c-]cccc4)nc3)n2)cc1.CC(C)(C)c1ccc(-c2nc(-c3ccc(C(C)(C)C)cc3)nc(-c3ccc(-c4[c-]cccc4)nc3)n2)cc1.[Ir].[Ir].[Ir]. The molecule has 13 aromatic carbocycles. The van der Waals surface area contributed by atoms with Crippen LogP contribution in [0.15, 0.2) is 358 Å². The Morgan fingerprint density at radius 2 is 0.468 bits per heavy atom. The van der Waals surface area contributed by atoms with Crippen molar-refractivity contribution < 1.29 is 60.3 Å². The third kappa shape index (κ3) is 26.2. The Morgan fingerprint density at radius 3 is 0.759 bits per heavy atom. The van der Waals surface area contributed by atoms with E-state index >= 15 is 0 Å². The standard InChI is InChI=1S/C41H38N.2C34H33N4.C19H18N.3Ir/c1-40(2,3)36-18-14-28(15-19-36)33-25-34(29-16-20-37(21-17-29)41(4,5)6)27-35(26-33)31-11-9-12-32(24-31)39-38-13-8-7-10-30(38)22-23-42-39;2*1-33(2,3)27-17-12-24(13-18-27)30-36-31(25-14-19-28(20-15-25)34(4,5)6)38-32(37-30)26-16-21-29(35-22-26)23-10-8-7-9-11-23;1-19(2,3)16-10-8-15(9-11-16)18-17-7-5-4-6-14(17)12-13-20-18;;;/h7-11,13-27H,1-6H3;2*7-10,12-22H,1-6H3;4-8,10-13H,1-3H3;;;/q4*-1;;;. The van der Waals surface area contributed by atoms with E-state index in [9.17, 15) is 0 Å². The topological polar surface area (TPSA) is 129 Å². The molecule has 141 heavy (non-hydrogen) atoms. The predicted molar refractivity (Wildman–Crippen MR) is 576 cm³/mol. The molecule has 10 nitrogen and oxygen atoms in total. The van der Waals surface area contributed by atoms with Crippen LogP contribution in [0.4, 0.5) is 0 Å². The summed E-state index contributed by atoms with van der Waals surface area (Å²) in [4.78, 5) is 48.0. The van der Waals surface area contributed by atoms with Crippen molar-refractivity contribution >= 4 is 21.5 Å². The third-order valence-electron chi connectivity index (χ3n) is 25.1. The van der Waals surface area contributed by atoms with Crippen LogP contribution in [-0.2, 0) is 98.2 Å². The normalized spacial score (nSPS) is 11.7. The molecule has 0 fully saturated rings. The second kappa shape index (κ2) is 44.4. The minimum absolute atomic E-state index is 0. The summed E-state index contributed by atoms with van der Waals surface area (Å²) < 4.78 is 0. The molecule has 3 radical (unpaired) electrons. The Morgan fingerprint density at radius 1 is 0.191 bits per heavy atom. The zero-order valence-corrected chi connectivity index (χ0v) is 91.7. The van der Waals surface area contributed by atoms with E-state index in [1.165, 1.54) is 82.9 Å². The maximum atomic E-state index is 4.90. The molecule has 13 heteroatoms. The number of benzene rings is 13. The zero-order valence-electron chi connectivity index (χ0n) is 84.5. The molecule has 0 aliphatic rings. The monoisotopic (exact) mass is 2380 g/mol. The minimum Gasteiger partial charge on any atom is -0.304 e. The van der Waals surface area contributed by atoms with Gasteiger partial charge in [0.05, 0.1) is 0 Å². The van der Waals surface area contributed by atoms with Crippen LogP contribution in [0.5, 0.6) is 0 Å². The Balaban J connectivity index is 0.000000161. The van der Waals surface area contributed by atoms with Crippen LogP contribution in [0.3, 0.4) is 0 Å². The van der Waals surface area contributed by atoms with Gasteiger partial charge in [0.1, 0.15) is 0 Å². The van der Waals surface area contributed by atoms with Crippen LogP contribution in [0.1, 0.15) is 184 Å². The number of fused-ring (bicyclic) bond motifs is 2. The van der Waals surface area contributed by atoms with Gasteiger partial charge >= 0.3 is 0 Å². The van der Waals surface area contributed by atoms with Gasteiger partial charge in [-0.05, 0) is 174 Å². The van der Waals surface area contributed by atoms with Crippen LogP contribution < -0.4 is 0 Å². The van der Waals surface area contributed by atoms with Crippen molar-refractivity contribution in [2.75, 3.05) is 0 Å².